The summed E-state index contributed by atoms with van der Waals surface area (Å²) < 4.78 is 12.5. The third-order valence-electron chi connectivity index (χ3n) is 2.65. The maximum Gasteiger partial charge on any atom is 0.184 e. The van der Waals surface area contributed by atoms with Crippen LogP contribution < -0.4 is 0 Å². The van der Waals surface area contributed by atoms with Gasteiger partial charge in [-0.25, -0.2) is 0 Å². The van der Waals surface area contributed by atoms with Crippen molar-refractivity contribution in [3.05, 3.63) is 0 Å². The molecule has 1 aliphatic rings. The first-order valence-electron chi connectivity index (χ1n) is 6.53. The average Bonchev–Trinajstić information content (AvgIpc) is 2.03. The second-order valence-electron chi connectivity index (χ2n) is 6.82. The average molecular weight is 261 g/mol. The van der Waals surface area contributed by atoms with E-state index in [-0.39, 0.29) is 0 Å². The summed E-state index contributed by atoms with van der Waals surface area (Å²) in [5.74, 6) is 0. The maximum atomic E-state index is 6.27. The van der Waals surface area contributed by atoms with Crippen LogP contribution in [0.2, 0.25) is 39.3 Å². The van der Waals surface area contributed by atoms with E-state index in [0.717, 1.165) is 0 Å². The molecule has 96 valence electrons. The Morgan fingerprint density at radius 1 is 0.688 bits per heavy atom. The maximum absolute atomic E-state index is 6.27. The van der Waals surface area contributed by atoms with Crippen molar-refractivity contribution in [3.63, 3.8) is 0 Å². The van der Waals surface area contributed by atoms with Crippen LogP contribution in [0.1, 0.15) is 25.7 Å². The van der Waals surface area contributed by atoms with Gasteiger partial charge in [-0.2, -0.15) is 0 Å². The van der Waals surface area contributed by atoms with E-state index in [0.29, 0.717) is 12.2 Å². The summed E-state index contributed by atoms with van der Waals surface area (Å²) in [5, 5.41) is 0. The van der Waals surface area contributed by atoms with Gasteiger partial charge in [-0.3, -0.25) is 0 Å². The van der Waals surface area contributed by atoms with Crippen molar-refractivity contribution in [1.82, 2.24) is 0 Å². The van der Waals surface area contributed by atoms with Crippen LogP contribution >= 0.6 is 0 Å². The first kappa shape index (κ1) is 14.4. The fraction of sp³-hybridized carbons (Fsp3) is 1.00. The van der Waals surface area contributed by atoms with Crippen LogP contribution in [-0.4, -0.2) is 28.8 Å². The summed E-state index contributed by atoms with van der Waals surface area (Å²) in [6.45, 7) is 13.6. The standard InChI is InChI=1S/C12H28O2Si2/c1-15(2,3)13-11-9-7-8-10-12(11)14-16(4,5)6/h11-12H,7-10H2,1-6H3. The minimum absolute atomic E-state index is 0.368. The molecule has 1 saturated carbocycles. The van der Waals surface area contributed by atoms with Gasteiger partial charge in [0, 0.05) is 0 Å². The largest absolute Gasteiger partial charge is 0.412 e. The summed E-state index contributed by atoms with van der Waals surface area (Å²) in [5.41, 5.74) is 0. The lowest BCUT2D eigenvalue weighted by molar-refractivity contribution is 0.0138. The van der Waals surface area contributed by atoms with E-state index in [1.807, 2.05) is 0 Å². The predicted octanol–water partition coefficient (Wildman–Crippen LogP) is 4.00. The van der Waals surface area contributed by atoms with Crippen molar-refractivity contribution >= 4 is 16.6 Å². The summed E-state index contributed by atoms with van der Waals surface area (Å²) in [4.78, 5) is 0. The molecule has 1 rings (SSSR count). The van der Waals surface area contributed by atoms with Crippen LogP contribution in [0.3, 0.4) is 0 Å². The second kappa shape index (κ2) is 5.33. The molecule has 0 N–H and O–H groups in total. The lowest BCUT2D eigenvalue weighted by Gasteiger charge is -2.38. The first-order chi connectivity index (χ1) is 7.17. The van der Waals surface area contributed by atoms with Gasteiger partial charge in [0.15, 0.2) is 16.6 Å². The molecule has 0 aliphatic heterocycles. The van der Waals surface area contributed by atoms with Gasteiger partial charge in [-0.05, 0) is 52.1 Å². The summed E-state index contributed by atoms with van der Waals surface area (Å²) >= 11 is 0. The molecule has 1 aliphatic carbocycles. The van der Waals surface area contributed by atoms with Gasteiger partial charge in [0.05, 0.1) is 12.2 Å². The normalized spacial score (nSPS) is 28.1. The molecular formula is C12H28O2Si2. The van der Waals surface area contributed by atoms with Crippen LogP contribution in [-0.2, 0) is 8.85 Å². The van der Waals surface area contributed by atoms with Gasteiger partial charge in [-0.1, -0.05) is 12.8 Å². The Hall–Kier alpha value is 0.354. The van der Waals surface area contributed by atoms with Crippen molar-refractivity contribution < 1.29 is 8.85 Å². The van der Waals surface area contributed by atoms with Crippen LogP contribution in [0.15, 0.2) is 0 Å². The monoisotopic (exact) mass is 260 g/mol. The lowest BCUT2D eigenvalue weighted by atomic mass is 9.95. The zero-order valence-corrected chi connectivity index (χ0v) is 13.8. The predicted molar refractivity (Wildman–Crippen MR) is 74.9 cm³/mol. The summed E-state index contributed by atoms with van der Waals surface area (Å²) in [7, 11) is -2.85. The van der Waals surface area contributed by atoms with E-state index in [4.69, 9.17) is 8.85 Å². The first-order valence-corrected chi connectivity index (χ1v) is 13.3. The topological polar surface area (TPSA) is 18.5 Å². The quantitative estimate of drug-likeness (QED) is 0.711. The highest BCUT2D eigenvalue weighted by atomic mass is 28.4. The molecular weight excluding hydrogens is 232 g/mol. The van der Waals surface area contributed by atoms with Crippen molar-refractivity contribution in [2.45, 2.75) is 77.2 Å². The molecule has 2 nitrogen and oxygen atoms in total. The van der Waals surface area contributed by atoms with E-state index >= 15 is 0 Å². The van der Waals surface area contributed by atoms with Gasteiger partial charge >= 0.3 is 0 Å². The lowest BCUT2D eigenvalue weighted by Crippen LogP contribution is -2.46. The van der Waals surface area contributed by atoms with E-state index in [2.05, 4.69) is 39.3 Å². The van der Waals surface area contributed by atoms with E-state index in [1.54, 1.807) is 0 Å². The highest BCUT2D eigenvalue weighted by Crippen LogP contribution is 2.28. The molecule has 0 aromatic rings. The van der Waals surface area contributed by atoms with Gasteiger partial charge < -0.3 is 8.85 Å². The fourth-order valence-electron chi connectivity index (χ4n) is 2.24. The third-order valence-corrected chi connectivity index (χ3v) is 4.67. The summed E-state index contributed by atoms with van der Waals surface area (Å²) in [6.07, 6.45) is 5.74. The van der Waals surface area contributed by atoms with Crippen LogP contribution in [0.4, 0.5) is 0 Å². The molecule has 2 unspecified atom stereocenters. The Morgan fingerprint density at radius 2 is 1.00 bits per heavy atom. The molecule has 0 amide bonds. The Morgan fingerprint density at radius 3 is 1.25 bits per heavy atom. The smallest absolute Gasteiger partial charge is 0.184 e. The molecule has 1 fully saturated rings. The van der Waals surface area contributed by atoms with E-state index in [9.17, 15) is 0 Å². The Bertz CT molecular complexity index is 194. The fourth-order valence-corrected chi connectivity index (χ4v) is 4.60. The molecule has 2 atom stereocenters. The number of hydrogen-bond donors (Lipinski definition) is 0. The number of hydrogen-bond acceptors (Lipinski definition) is 2. The minimum Gasteiger partial charge on any atom is -0.412 e. The summed E-state index contributed by atoms with van der Waals surface area (Å²) in [6, 6.07) is 0. The Balaban J connectivity index is 2.57. The van der Waals surface area contributed by atoms with Crippen molar-refractivity contribution in [2.75, 3.05) is 0 Å². The van der Waals surface area contributed by atoms with Gasteiger partial charge in [-0.15, -0.1) is 0 Å². The molecule has 0 saturated heterocycles. The molecule has 0 spiro atoms. The van der Waals surface area contributed by atoms with Crippen LogP contribution in [0.5, 0.6) is 0 Å². The second-order valence-corrected chi connectivity index (χ2v) is 15.7. The van der Waals surface area contributed by atoms with E-state index in [1.165, 1.54) is 25.7 Å². The molecule has 0 radical (unpaired) electrons. The molecule has 16 heavy (non-hydrogen) atoms. The van der Waals surface area contributed by atoms with Gasteiger partial charge in [0.2, 0.25) is 0 Å². The van der Waals surface area contributed by atoms with Gasteiger partial charge in [0.25, 0.3) is 0 Å². The molecule has 0 aromatic carbocycles. The highest BCUT2D eigenvalue weighted by molar-refractivity contribution is 6.70. The SMILES string of the molecule is C[Si](C)(C)OC1CCCCC1O[Si](C)(C)C. The zero-order valence-electron chi connectivity index (χ0n) is 11.8. The Labute approximate surface area is 103 Å². The van der Waals surface area contributed by atoms with Crippen LogP contribution in [0, 0.1) is 0 Å². The zero-order chi connectivity index (χ0) is 12.4. The molecule has 0 bridgehead atoms. The van der Waals surface area contributed by atoms with Gasteiger partial charge in [0.1, 0.15) is 0 Å². The van der Waals surface area contributed by atoms with Crippen molar-refractivity contribution in [3.8, 4) is 0 Å². The third kappa shape index (κ3) is 5.61. The Kier molecular flexibility index (Phi) is 4.81. The molecule has 0 heterocycles. The molecule has 0 aromatic heterocycles. The van der Waals surface area contributed by atoms with Crippen molar-refractivity contribution in [2.24, 2.45) is 0 Å². The van der Waals surface area contributed by atoms with Crippen molar-refractivity contribution in [1.29, 1.82) is 0 Å². The van der Waals surface area contributed by atoms with E-state index < -0.39 is 16.6 Å². The van der Waals surface area contributed by atoms with Crippen LogP contribution in [0.25, 0.3) is 0 Å². The molecule has 4 heteroatoms. The minimum atomic E-state index is -1.43. The number of rotatable bonds is 4. The highest BCUT2D eigenvalue weighted by Gasteiger charge is 2.33.